The van der Waals surface area contributed by atoms with Crippen LogP contribution in [0.3, 0.4) is 0 Å². The molecule has 0 unspecified atom stereocenters. The number of rotatable bonds is 5. The molecule has 0 bridgehead atoms. The lowest BCUT2D eigenvalue weighted by atomic mass is 10.1. The maximum absolute atomic E-state index is 11.1. The van der Waals surface area contributed by atoms with Crippen LogP contribution >= 0.6 is 23.1 Å². The molecule has 4 rings (SSSR count). The summed E-state index contributed by atoms with van der Waals surface area (Å²) < 4.78 is 36.5. The minimum Gasteiger partial charge on any atom is -0.748 e. The summed E-state index contributed by atoms with van der Waals surface area (Å²) >= 11 is 3.53. The molecule has 8 heteroatoms. The van der Waals surface area contributed by atoms with Crippen LogP contribution in [0.5, 0.6) is 0 Å². The zero-order valence-electron chi connectivity index (χ0n) is 14.9. The van der Waals surface area contributed by atoms with Crippen LogP contribution in [0.1, 0.15) is 11.4 Å². The first kappa shape index (κ1) is 18.7. The third kappa shape index (κ3) is 3.99. The number of thioether (sulfide) groups is 1. The van der Waals surface area contributed by atoms with Gasteiger partial charge in [0.25, 0.3) is 5.01 Å². The zero-order valence-corrected chi connectivity index (χ0v) is 17.4. The van der Waals surface area contributed by atoms with Gasteiger partial charge in [0.1, 0.15) is 4.70 Å². The van der Waals surface area contributed by atoms with Gasteiger partial charge in [-0.25, -0.2) is 8.42 Å². The number of fused-ring (bicyclic) bond motifs is 3. The number of hydrogen-bond acceptors (Lipinski definition) is 6. The van der Waals surface area contributed by atoms with Crippen LogP contribution in [0, 0.1) is 0 Å². The number of thiazole rings is 1. The Balaban J connectivity index is 1.85. The molecular formula is C19H20N2O3S3. The van der Waals surface area contributed by atoms with Gasteiger partial charge in [-0.3, -0.25) is 0 Å². The normalized spacial score (nSPS) is 16.8. The monoisotopic (exact) mass is 420 g/mol. The van der Waals surface area contributed by atoms with Gasteiger partial charge in [0.15, 0.2) is 6.54 Å². The van der Waals surface area contributed by atoms with E-state index in [1.165, 1.54) is 5.03 Å². The number of aromatic nitrogens is 1. The Morgan fingerprint density at radius 1 is 1.26 bits per heavy atom. The van der Waals surface area contributed by atoms with Gasteiger partial charge in [0, 0.05) is 31.5 Å². The van der Waals surface area contributed by atoms with Crippen LogP contribution < -0.4 is 4.57 Å². The average molecular weight is 421 g/mol. The molecule has 142 valence electrons. The average Bonchev–Trinajstić information content (AvgIpc) is 3.18. The summed E-state index contributed by atoms with van der Waals surface area (Å²) in [5, 5.41) is 4.60. The minimum absolute atomic E-state index is 0.310. The predicted molar refractivity (Wildman–Crippen MR) is 112 cm³/mol. The lowest BCUT2D eigenvalue weighted by Crippen LogP contribution is -2.36. The molecule has 0 aliphatic carbocycles. The quantitative estimate of drug-likeness (QED) is 0.468. The molecule has 1 saturated heterocycles. The summed E-state index contributed by atoms with van der Waals surface area (Å²) in [6.45, 7) is 1.53. The van der Waals surface area contributed by atoms with Gasteiger partial charge in [-0.1, -0.05) is 35.6 Å². The second-order valence-corrected chi connectivity index (χ2v) is 10.3. The van der Waals surface area contributed by atoms with E-state index >= 15 is 0 Å². The van der Waals surface area contributed by atoms with E-state index in [0.717, 1.165) is 38.3 Å². The lowest BCUT2D eigenvalue weighted by molar-refractivity contribution is -0.667. The Kier molecular flexibility index (Phi) is 5.15. The predicted octanol–water partition coefficient (Wildman–Crippen LogP) is 3.25. The van der Waals surface area contributed by atoms with E-state index in [1.807, 2.05) is 23.9 Å². The van der Waals surface area contributed by atoms with E-state index in [2.05, 4.69) is 46.9 Å². The van der Waals surface area contributed by atoms with Crippen molar-refractivity contribution in [1.82, 2.24) is 4.90 Å². The van der Waals surface area contributed by atoms with Crippen molar-refractivity contribution < 1.29 is 17.5 Å². The van der Waals surface area contributed by atoms with Crippen molar-refractivity contribution >= 4 is 60.3 Å². The second kappa shape index (κ2) is 7.43. The number of aryl methyl sites for hydroxylation is 1. The molecule has 1 fully saturated rings. The van der Waals surface area contributed by atoms with Gasteiger partial charge in [-0.05, 0) is 17.5 Å². The van der Waals surface area contributed by atoms with Gasteiger partial charge < -0.3 is 9.45 Å². The van der Waals surface area contributed by atoms with Gasteiger partial charge in [-0.15, -0.1) is 11.8 Å². The van der Waals surface area contributed by atoms with Crippen LogP contribution in [0.4, 0.5) is 0 Å². The fraction of sp³-hybridized carbons (Fsp3) is 0.316. The molecular weight excluding hydrogens is 400 g/mol. The fourth-order valence-electron chi connectivity index (χ4n) is 3.37. The minimum atomic E-state index is -4.20. The van der Waals surface area contributed by atoms with E-state index < -0.39 is 10.1 Å². The van der Waals surface area contributed by atoms with Crippen LogP contribution in [-0.4, -0.2) is 43.0 Å². The number of benzene rings is 2. The molecule has 0 radical (unpaired) electrons. The lowest BCUT2D eigenvalue weighted by Gasteiger charge is -2.09. The first-order valence-corrected chi connectivity index (χ1v) is 12.1. The Morgan fingerprint density at radius 3 is 2.81 bits per heavy atom. The third-order valence-corrected chi connectivity index (χ3v) is 7.69. The van der Waals surface area contributed by atoms with E-state index in [9.17, 15) is 13.0 Å². The first-order chi connectivity index (χ1) is 12.9. The molecule has 0 saturated carbocycles. The fourth-order valence-corrected chi connectivity index (χ4v) is 6.15. The van der Waals surface area contributed by atoms with Crippen molar-refractivity contribution in [3.05, 3.63) is 46.4 Å². The summed E-state index contributed by atoms with van der Waals surface area (Å²) in [7, 11) is -2.12. The smallest absolute Gasteiger partial charge is 0.265 e. The molecule has 2 aromatic carbocycles. The Morgan fingerprint density at radius 2 is 2.07 bits per heavy atom. The van der Waals surface area contributed by atoms with Gasteiger partial charge >= 0.3 is 0 Å². The number of hydrogen-bond donors (Lipinski definition) is 0. The highest BCUT2D eigenvalue weighted by molar-refractivity contribution is 8.03. The highest BCUT2D eigenvalue weighted by Crippen LogP contribution is 2.32. The van der Waals surface area contributed by atoms with E-state index in [4.69, 9.17) is 0 Å². The molecule has 1 aliphatic rings. The van der Waals surface area contributed by atoms with E-state index in [0.29, 0.717) is 13.0 Å². The number of nitrogens with zero attached hydrogens (tertiary/aromatic N) is 2. The highest BCUT2D eigenvalue weighted by atomic mass is 32.2. The van der Waals surface area contributed by atoms with Gasteiger partial charge in [0.05, 0.1) is 26.6 Å². The SMILES string of the molecule is CN1CCS/C1=C/c1sc2ccc3ccccc3c2[n+]1CCCS(=O)(=O)[O-]. The molecule has 0 spiro atoms. The second-order valence-electron chi connectivity index (χ2n) is 6.59. The van der Waals surface area contributed by atoms with Crippen molar-refractivity contribution in [2.24, 2.45) is 0 Å². The Bertz CT molecular complexity index is 1140. The Hall–Kier alpha value is -1.61. The first-order valence-electron chi connectivity index (χ1n) is 8.76. The summed E-state index contributed by atoms with van der Waals surface area (Å²) in [6, 6.07) is 12.5. The van der Waals surface area contributed by atoms with Crippen LogP contribution in [-0.2, 0) is 16.7 Å². The topological polar surface area (TPSA) is 64.3 Å². The summed E-state index contributed by atoms with van der Waals surface area (Å²) in [5.41, 5.74) is 1.11. The summed E-state index contributed by atoms with van der Waals surface area (Å²) in [4.78, 5) is 2.24. The van der Waals surface area contributed by atoms with Crippen molar-refractivity contribution in [2.75, 3.05) is 25.1 Å². The molecule has 2 heterocycles. The standard InChI is InChI=1S/C19H20N2O3S3/c1-20-10-11-25-17(20)13-18-21(9-4-12-27(22,23)24)19-15-6-3-2-5-14(15)7-8-16(19)26-18/h2-3,5-8,13H,4,9-12H2,1H3. The molecule has 0 N–H and O–H groups in total. The molecule has 27 heavy (non-hydrogen) atoms. The molecule has 0 amide bonds. The van der Waals surface area contributed by atoms with Crippen LogP contribution in [0.15, 0.2) is 41.4 Å². The molecule has 5 nitrogen and oxygen atoms in total. The van der Waals surface area contributed by atoms with Crippen molar-refractivity contribution in [1.29, 1.82) is 0 Å². The van der Waals surface area contributed by atoms with E-state index in [1.54, 1.807) is 11.3 Å². The Labute approximate surface area is 167 Å². The highest BCUT2D eigenvalue weighted by Gasteiger charge is 2.24. The maximum Gasteiger partial charge on any atom is 0.265 e. The van der Waals surface area contributed by atoms with Crippen molar-refractivity contribution in [2.45, 2.75) is 13.0 Å². The largest absolute Gasteiger partial charge is 0.748 e. The van der Waals surface area contributed by atoms with Crippen LogP contribution in [0.2, 0.25) is 0 Å². The molecule has 3 aromatic rings. The van der Waals surface area contributed by atoms with Crippen molar-refractivity contribution in [3.63, 3.8) is 0 Å². The zero-order chi connectivity index (χ0) is 19.0. The maximum atomic E-state index is 11.1. The van der Waals surface area contributed by atoms with E-state index in [-0.39, 0.29) is 5.75 Å². The summed E-state index contributed by atoms with van der Waals surface area (Å²) in [6.07, 6.45) is 2.49. The molecule has 1 aromatic heterocycles. The third-order valence-electron chi connectivity index (χ3n) is 4.69. The summed E-state index contributed by atoms with van der Waals surface area (Å²) in [5.74, 6) is 0.733. The molecule has 1 aliphatic heterocycles. The van der Waals surface area contributed by atoms with Crippen molar-refractivity contribution in [3.8, 4) is 0 Å². The van der Waals surface area contributed by atoms with Crippen LogP contribution in [0.25, 0.3) is 27.1 Å². The van der Waals surface area contributed by atoms with Gasteiger partial charge in [-0.2, -0.15) is 4.57 Å². The molecule has 0 atom stereocenters. The van der Waals surface area contributed by atoms with Gasteiger partial charge in [0.2, 0.25) is 5.52 Å².